The largest absolute Gasteiger partial charge is 0.468 e. The maximum absolute atomic E-state index is 11.7. The number of ether oxygens (including phenoxy) is 1. The van der Waals surface area contributed by atoms with Crippen molar-refractivity contribution in [2.24, 2.45) is 0 Å². The first-order valence-electron chi connectivity index (χ1n) is 3.95. The van der Waals surface area contributed by atoms with Crippen LogP contribution in [0.25, 0.3) is 0 Å². The van der Waals surface area contributed by atoms with E-state index in [1.165, 1.54) is 19.2 Å². The summed E-state index contributed by atoms with van der Waals surface area (Å²) in [6.07, 6.45) is 0. The fraction of sp³-hybridized carbons (Fsp3) is 0.222. The highest BCUT2D eigenvalue weighted by Crippen LogP contribution is 2.23. The summed E-state index contributed by atoms with van der Waals surface area (Å²) in [5.41, 5.74) is 0. The second kappa shape index (κ2) is 5.49. The number of hydrogen-bond donors (Lipinski definition) is 0. The summed E-state index contributed by atoms with van der Waals surface area (Å²) in [7, 11) is -0.291. The molecule has 1 rings (SSSR count). The van der Waals surface area contributed by atoms with Crippen LogP contribution in [0.4, 0.5) is 0 Å². The molecule has 0 radical (unpaired) electrons. The molecule has 0 bridgehead atoms. The molecule has 15 heavy (non-hydrogen) atoms. The van der Waals surface area contributed by atoms with Crippen molar-refractivity contribution in [1.29, 1.82) is 0 Å². The Kier molecular flexibility index (Phi) is 4.57. The summed E-state index contributed by atoms with van der Waals surface area (Å²) in [5, 5.41) is 0.745. The topological polar surface area (TPSA) is 43.4 Å². The third-order valence-electron chi connectivity index (χ3n) is 1.62. The van der Waals surface area contributed by atoms with Crippen LogP contribution in [-0.2, 0) is 20.3 Å². The van der Waals surface area contributed by atoms with Crippen molar-refractivity contribution in [2.45, 2.75) is 4.90 Å². The third-order valence-corrected chi connectivity index (χ3v) is 3.62. The lowest BCUT2D eigenvalue weighted by Crippen LogP contribution is -2.12. The molecular weight excluding hydrogens is 259 g/mol. The second-order valence-corrected chi connectivity index (χ2v) is 4.90. The molecule has 3 nitrogen and oxygen atoms in total. The van der Waals surface area contributed by atoms with Crippen LogP contribution < -0.4 is 0 Å². The summed E-state index contributed by atoms with van der Waals surface area (Å²) >= 11 is 11.5. The van der Waals surface area contributed by atoms with Gasteiger partial charge in [-0.1, -0.05) is 23.2 Å². The van der Waals surface area contributed by atoms with Gasteiger partial charge in [-0.2, -0.15) is 0 Å². The van der Waals surface area contributed by atoms with E-state index in [0.29, 0.717) is 14.9 Å². The van der Waals surface area contributed by atoms with Gasteiger partial charge in [0, 0.05) is 5.02 Å². The van der Waals surface area contributed by atoms with Gasteiger partial charge in [-0.3, -0.25) is 9.00 Å². The van der Waals surface area contributed by atoms with E-state index >= 15 is 0 Å². The highest BCUT2D eigenvalue weighted by atomic mass is 35.5. The predicted octanol–water partition coefficient (Wildman–Crippen LogP) is 2.27. The van der Waals surface area contributed by atoms with Crippen molar-refractivity contribution in [1.82, 2.24) is 0 Å². The fourth-order valence-electron chi connectivity index (χ4n) is 0.895. The van der Waals surface area contributed by atoms with Gasteiger partial charge >= 0.3 is 5.97 Å². The van der Waals surface area contributed by atoms with E-state index in [1.807, 2.05) is 0 Å². The Morgan fingerprint density at radius 2 is 2.13 bits per heavy atom. The zero-order chi connectivity index (χ0) is 11.4. The first kappa shape index (κ1) is 12.5. The average Bonchev–Trinajstić information content (AvgIpc) is 2.21. The van der Waals surface area contributed by atoms with Gasteiger partial charge in [0.1, 0.15) is 5.75 Å². The first-order chi connectivity index (χ1) is 7.04. The molecule has 6 heteroatoms. The summed E-state index contributed by atoms with van der Waals surface area (Å²) in [6.45, 7) is 0. The lowest BCUT2D eigenvalue weighted by molar-refractivity contribution is -0.137. The molecular formula is C9H8Cl2O3S. The quantitative estimate of drug-likeness (QED) is 0.789. The summed E-state index contributed by atoms with van der Waals surface area (Å²) in [4.78, 5) is 11.2. The van der Waals surface area contributed by atoms with Crippen LogP contribution in [0.5, 0.6) is 0 Å². The maximum Gasteiger partial charge on any atom is 0.318 e. The molecule has 1 aromatic carbocycles. The first-order valence-corrected chi connectivity index (χ1v) is 6.02. The van der Waals surface area contributed by atoms with Gasteiger partial charge in [-0.15, -0.1) is 0 Å². The standard InChI is InChI=1S/C9H8Cl2O3S/c1-14-9(12)5-15(13)8-4-6(10)2-3-7(8)11/h2-4H,5H2,1H3. The van der Waals surface area contributed by atoms with Crippen molar-refractivity contribution in [2.75, 3.05) is 12.9 Å². The number of carbonyl (C=O) groups is 1. The monoisotopic (exact) mass is 266 g/mol. The van der Waals surface area contributed by atoms with Gasteiger partial charge in [0.2, 0.25) is 0 Å². The molecule has 1 aromatic rings. The number of carbonyl (C=O) groups excluding carboxylic acids is 1. The molecule has 1 unspecified atom stereocenters. The average molecular weight is 267 g/mol. The number of hydrogen-bond acceptors (Lipinski definition) is 3. The summed E-state index contributed by atoms with van der Waals surface area (Å²) < 4.78 is 16.1. The maximum atomic E-state index is 11.7. The summed E-state index contributed by atoms with van der Waals surface area (Å²) in [6, 6.07) is 4.60. The van der Waals surface area contributed by atoms with E-state index < -0.39 is 16.8 Å². The Morgan fingerprint density at radius 3 is 2.73 bits per heavy atom. The van der Waals surface area contributed by atoms with Crippen LogP contribution in [0.2, 0.25) is 10.0 Å². The molecule has 1 atom stereocenters. The number of benzene rings is 1. The van der Waals surface area contributed by atoms with E-state index in [0.717, 1.165) is 0 Å². The molecule has 0 fully saturated rings. The fourth-order valence-corrected chi connectivity index (χ4v) is 2.54. The van der Waals surface area contributed by atoms with Crippen molar-refractivity contribution >= 4 is 40.0 Å². The Morgan fingerprint density at radius 1 is 1.47 bits per heavy atom. The summed E-state index contributed by atoms with van der Waals surface area (Å²) in [5.74, 6) is -0.777. The van der Waals surface area contributed by atoms with Gasteiger partial charge in [0.25, 0.3) is 0 Å². The minimum absolute atomic E-state index is 0.226. The molecule has 0 aliphatic heterocycles. The van der Waals surface area contributed by atoms with Gasteiger partial charge in [-0.25, -0.2) is 0 Å². The van der Waals surface area contributed by atoms with Crippen molar-refractivity contribution in [3.05, 3.63) is 28.2 Å². The number of halogens is 2. The molecule has 0 amide bonds. The van der Waals surface area contributed by atoms with Gasteiger partial charge in [0.15, 0.2) is 0 Å². The zero-order valence-corrected chi connectivity index (χ0v) is 10.2. The zero-order valence-electron chi connectivity index (χ0n) is 7.83. The smallest absolute Gasteiger partial charge is 0.318 e. The number of esters is 1. The molecule has 0 heterocycles. The molecule has 0 saturated heterocycles. The Hall–Kier alpha value is -0.580. The van der Waals surface area contributed by atoms with E-state index in [2.05, 4.69) is 4.74 Å². The SMILES string of the molecule is COC(=O)CS(=O)c1cc(Cl)ccc1Cl. The van der Waals surface area contributed by atoms with E-state index in [9.17, 15) is 9.00 Å². The van der Waals surface area contributed by atoms with Crippen LogP contribution in [0.1, 0.15) is 0 Å². The van der Waals surface area contributed by atoms with Crippen LogP contribution in [0, 0.1) is 0 Å². The molecule has 0 N–H and O–H groups in total. The van der Waals surface area contributed by atoms with Crippen LogP contribution in [0.15, 0.2) is 23.1 Å². The van der Waals surface area contributed by atoms with E-state index in [4.69, 9.17) is 23.2 Å². The number of rotatable bonds is 3. The highest BCUT2D eigenvalue weighted by molar-refractivity contribution is 7.85. The van der Waals surface area contributed by atoms with Crippen LogP contribution in [-0.4, -0.2) is 23.0 Å². The molecule has 82 valence electrons. The Labute approximate surface area is 99.8 Å². The molecule has 0 spiro atoms. The normalized spacial score (nSPS) is 12.2. The van der Waals surface area contributed by atoms with Crippen LogP contribution in [0.3, 0.4) is 0 Å². The molecule has 0 aliphatic rings. The molecule has 0 aromatic heterocycles. The highest BCUT2D eigenvalue weighted by Gasteiger charge is 2.13. The van der Waals surface area contributed by atoms with Crippen molar-refractivity contribution < 1.29 is 13.7 Å². The number of methoxy groups -OCH3 is 1. The molecule has 0 aliphatic carbocycles. The van der Waals surface area contributed by atoms with Crippen molar-refractivity contribution in [3.8, 4) is 0 Å². The van der Waals surface area contributed by atoms with Crippen molar-refractivity contribution in [3.63, 3.8) is 0 Å². The molecule has 0 saturated carbocycles. The van der Waals surface area contributed by atoms with E-state index in [-0.39, 0.29) is 5.75 Å². The minimum Gasteiger partial charge on any atom is -0.468 e. The van der Waals surface area contributed by atoms with Gasteiger partial charge < -0.3 is 4.74 Å². The predicted molar refractivity (Wildman–Crippen MR) is 59.8 cm³/mol. The van der Waals surface area contributed by atoms with Gasteiger partial charge in [-0.05, 0) is 18.2 Å². The van der Waals surface area contributed by atoms with Gasteiger partial charge in [0.05, 0.1) is 27.8 Å². The second-order valence-electron chi connectivity index (χ2n) is 2.64. The Balaban J connectivity index is 2.91. The van der Waals surface area contributed by atoms with E-state index in [1.54, 1.807) is 6.07 Å². The lowest BCUT2D eigenvalue weighted by Gasteiger charge is -2.03. The Bertz CT molecular complexity index is 406. The third kappa shape index (κ3) is 3.48. The van der Waals surface area contributed by atoms with Crippen LogP contribution >= 0.6 is 23.2 Å². The minimum atomic E-state index is -1.53. The lowest BCUT2D eigenvalue weighted by atomic mass is 10.4.